The molecule has 0 aliphatic carbocycles. The molecule has 2 aromatic rings. The van der Waals surface area contributed by atoms with Gasteiger partial charge in [0.15, 0.2) is 12.4 Å². The minimum atomic E-state index is -0.193. The number of hydrogen-bond donors (Lipinski definition) is 4. The van der Waals surface area contributed by atoms with Gasteiger partial charge in [-0.2, -0.15) is 0 Å². The van der Waals surface area contributed by atoms with Crippen molar-refractivity contribution in [2.24, 2.45) is 0 Å². The standard InChI is InChI=1S/C21H31N5O2/c1-15(19-22-17-9-6-5-8-16(17)20(28)23-19)26-11-7-10-25(12-13-26)14-18(27)24-21(2,3)4/h5-6,8-9,15H,7,10-14H2,1-4H3,(H,24,27)(H,22,23,28)/p+2/t15-/m1/s1. The lowest BCUT2D eigenvalue weighted by atomic mass is 10.1. The highest BCUT2D eigenvalue weighted by atomic mass is 16.2. The lowest BCUT2D eigenvalue weighted by Crippen LogP contribution is -3.18. The van der Waals surface area contributed by atoms with Crippen molar-refractivity contribution in [2.75, 3.05) is 32.7 Å². The Morgan fingerprint density at radius 2 is 1.96 bits per heavy atom. The molecule has 1 amide bonds. The van der Waals surface area contributed by atoms with Gasteiger partial charge in [-0.3, -0.25) is 9.59 Å². The summed E-state index contributed by atoms with van der Waals surface area (Å²) in [6.45, 7) is 12.6. The third-order valence-corrected chi connectivity index (χ3v) is 5.41. The summed E-state index contributed by atoms with van der Waals surface area (Å²) in [4.78, 5) is 35.0. The van der Waals surface area contributed by atoms with E-state index in [-0.39, 0.29) is 23.0 Å². The molecule has 0 spiro atoms. The van der Waals surface area contributed by atoms with E-state index in [1.165, 1.54) is 9.80 Å². The second-order valence-electron chi connectivity index (χ2n) is 8.93. The van der Waals surface area contributed by atoms with Gasteiger partial charge in [0.1, 0.15) is 19.1 Å². The van der Waals surface area contributed by atoms with Gasteiger partial charge in [0, 0.05) is 12.0 Å². The normalized spacial score (nSPS) is 21.9. The summed E-state index contributed by atoms with van der Waals surface area (Å²) in [5.41, 5.74) is 0.475. The highest BCUT2D eigenvalue weighted by Crippen LogP contribution is 2.09. The summed E-state index contributed by atoms with van der Waals surface area (Å²) in [5, 5.41) is 3.68. The molecule has 3 rings (SSSR count). The first-order valence-electron chi connectivity index (χ1n) is 10.2. The average molecular weight is 388 g/mol. The zero-order chi connectivity index (χ0) is 20.3. The van der Waals surface area contributed by atoms with E-state index in [0.29, 0.717) is 11.9 Å². The molecule has 2 unspecified atom stereocenters. The molecule has 1 aromatic heterocycles. The topological polar surface area (TPSA) is 83.7 Å². The largest absolute Gasteiger partial charge is 0.347 e. The number of hydrogen-bond acceptors (Lipinski definition) is 3. The van der Waals surface area contributed by atoms with Crippen LogP contribution >= 0.6 is 0 Å². The maximum Gasteiger partial charge on any atom is 0.275 e. The number of nitrogens with one attached hydrogen (secondary N) is 4. The van der Waals surface area contributed by atoms with Crippen molar-refractivity contribution in [2.45, 2.75) is 45.7 Å². The van der Waals surface area contributed by atoms with Crippen LogP contribution in [0.1, 0.15) is 46.0 Å². The Morgan fingerprint density at radius 1 is 1.21 bits per heavy atom. The fourth-order valence-corrected chi connectivity index (χ4v) is 3.96. The van der Waals surface area contributed by atoms with Crippen LogP contribution in [0.5, 0.6) is 0 Å². The summed E-state index contributed by atoms with van der Waals surface area (Å²) in [6.07, 6.45) is 1.05. The number of aromatic nitrogens is 2. The Labute approximate surface area is 166 Å². The first kappa shape index (κ1) is 20.5. The number of H-pyrrole nitrogens is 1. The molecule has 1 saturated heterocycles. The Balaban J connectivity index is 1.65. The third kappa shape index (κ3) is 5.17. The highest BCUT2D eigenvalue weighted by Gasteiger charge is 2.28. The predicted octanol–water partition coefficient (Wildman–Crippen LogP) is -0.928. The Kier molecular flexibility index (Phi) is 6.15. The van der Waals surface area contributed by atoms with Gasteiger partial charge in [-0.15, -0.1) is 0 Å². The fourth-order valence-electron chi connectivity index (χ4n) is 3.96. The van der Waals surface area contributed by atoms with E-state index in [9.17, 15) is 9.59 Å². The van der Waals surface area contributed by atoms with Crippen LogP contribution in [0.15, 0.2) is 29.1 Å². The summed E-state index contributed by atoms with van der Waals surface area (Å²) in [7, 11) is 0. The van der Waals surface area contributed by atoms with Crippen LogP contribution in [0.3, 0.4) is 0 Å². The molecule has 152 valence electrons. The van der Waals surface area contributed by atoms with Gasteiger partial charge in [0.2, 0.25) is 0 Å². The van der Waals surface area contributed by atoms with Crippen molar-refractivity contribution in [3.63, 3.8) is 0 Å². The SMILES string of the molecule is C[C@H](c1nc2ccccc2c(=O)[nH]1)[NH+]1CCC[NH+](CC(=O)NC(C)(C)C)CC1. The zero-order valence-corrected chi connectivity index (χ0v) is 17.4. The van der Waals surface area contributed by atoms with E-state index in [4.69, 9.17) is 4.98 Å². The van der Waals surface area contributed by atoms with Gasteiger partial charge in [0.25, 0.3) is 11.5 Å². The molecular weight excluding hydrogens is 354 g/mol. The van der Waals surface area contributed by atoms with Crippen molar-refractivity contribution in [3.05, 3.63) is 40.4 Å². The minimum absolute atomic E-state index is 0.0761. The maximum absolute atomic E-state index is 12.4. The van der Waals surface area contributed by atoms with E-state index < -0.39 is 0 Å². The van der Waals surface area contributed by atoms with E-state index >= 15 is 0 Å². The van der Waals surface area contributed by atoms with Crippen LogP contribution in [-0.2, 0) is 4.79 Å². The number of rotatable bonds is 4. The van der Waals surface area contributed by atoms with Crippen LogP contribution in [0.2, 0.25) is 0 Å². The first-order valence-corrected chi connectivity index (χ1v) is 10.2. The van der Waals surface area contributed by atoms with E-state index in [1.54, 1.807) is 6.07 Å². The molecule has 1 aromatic carbocycles. The van der Waals surface area contributed by atoms with Crippen molar-refractivity contribution < 1.29 is 14.6 Å². The molecule has 0 bridgehead atoms. The molecule has 7 heteroatoms. The molecule has 1 aliphatic rings. The van der Waals surface area contributed by atoms with Crippen molar-refractivity contribution in [3.8, 4) is 0 Å². The molecule has 2 heterocycles. The number of aromatic amines is 1. The zero-order valence-electron chi connectivity index (χ0n) is 17.4. The van der Waals surface area contributed by atoms with Gasteiger partial charge in [0.05, 0.1) is 24.0 Å². The Bertz CT molecular complexity index is 886. The second kappa shape index (κ2) is 8.41. The number of carbonyl (C=O) groups is 1. The van der Waals surface area contributed by atoms with Crippen LogP contribution in [0.4, 0.5) is 0 Å². The number of benzene rings is 1. The van der Waals surface area contributed by atoms with Gasteiger partial charge >= 0.3 is 0 Å². The molecule has 7 nitrogen and oxygen atoms in total. The molecule has 28 heavy (non-hydrogen) atoms. The second-order valence-corrected chi connectivity index (χ2v) is 8.93. The Hall–Kier alpha value is -2.25. The van der Waals surface area contributed by atoms with Crippen LogP contribution in [0.25, 0.3) is 10.9 Å². The van der Waals surface area contributed by atoms with E-state index in [0.717, 1.165) is 43.9 Å². The first-order chi connectivity index (χ1) is 13.2. The molecular formula is C21H33N5O2+2. The third-order valence-electron chi connectivity index (χ3n) is 5.41. The molecule has 4 N–H and O–H groups in total. The molecule has 0 radical (unpaired) electrons. The van der Waals surface area contributed by atoms with Crippen molar-refractivity contribution in [1.29, 1.82) is 0 Å². The van der Waals surface area contributed by atoms with Crippen LogP contribution < -0.4 is 20.7 Å². The smallest absolute Gasteiger partial charge is 0.275 e. The maximum atomic E-state index is 12.4. The summed E-state index contributed by atoms with van der Waals surface area (Å²) < 4.78 is 0. The minimum Gasteiger partial charge on any atom is -0.347 e. The van der Waals surface area contributed by atoms with Gasteiger partial charge in [-0.1, -0.05) is 12.1 Å². The summed E-state index contributed by atoms with van der Waals surface area (Å²) >= 11 is 0. The van der Waals surface area contributed by atoms with Crippen LogP contribution in [-0.4, -0.2) is 54.1 Å². The molecule has 1 fully saturated rings. The highest BCUT2D eigenvalue weighted by molar-refractivity contribution is 5.77. The quantitative estimate of drug-likeness (QED) is 0.547. The number of fused-ring (bicyclic) bond motifs is 1. The molecule has 0 saturated carbocycles. The predicted molar refractivity (Wildman–Crippen MR) is 110 cm³/mol. The lowest BCUT2D eigenvalue weighted by Gasteiger charge is -2.24. The monoisotopic (exact) mass is 387 g/mol. The number of carbonyl (C=O) groups excluding carboxylic acids is 1. The fraction of sp³-hybridized carbons (Fsp3) is 0.571. The van der Waals surface area contributed by atoms with Gasteiger partial charge in [-0.05, 0) is 39.8 Å². The summed E-state index contributed by atoms with van der Waals surface area (Å²) in [6, 6.07) is 7.57. The van der Waals surface area contributed by atoms with E-state index in [1.807, 2.05) is 39.0 Å². The van der Waals surface area contributed by atoms with Gasteiger partial charge in [-0.25, -0.2) is 4.98 Å². The average Bonchev–Trinajstić information content (AvgIpc) is 2.85. The number of para-hydroxylation sites is 1. The van der Waals surface area contributed by atoms with Gasteiger partial charge < -0.3 is 20.1 Å². The number of nitrogens with zero attached hydrogens (tertiary/aromatic N) is 1. The lowest BCUT2D eigenvalue weighted by molar-refractivity contribution is -0.953. The number of amides is 1. The number of quaternary nitrogens is 2. The molecule has 1 aliphatic heterocycles. The van der Waals surface area contributed by atoms with E-state index in [2.05, 4.69) is 17.2 Å². The Morgan fingerprint density at radius 3 is 2.71 bits per heavy atom. The van der Waals surface area contributed by atoms with Crippen LogP contribution in [0, 0.1) is 0 Å². The van der Waals surface area contributed by atoms with Crippen molar-refractivity contribution in [1.82, 2.24) is 15.3 Å². The molecule has 3 atom stereocenters. The van der Waals surface area contributed by atoms with Crippen molar-refractivity contribution >= 4 is 16.8 Å². The summed E-state index contributed by atoms with van der Waals surface area (Å²) in [5.74, 6) is 0.854.